The summed E-state index contributed by atoms with van der Waals surface area (Å²) in [4.78, 5) is 12.9. The lowest BCUT2D eigenvalue weighted by Crippen LogP contribution is -2.34. The van der Waals surface area contributed by atoms with Gasteiger partial charge in [-0.05, 0) is 12.8 Å². The van der Waals surface area contributed by atoms with Crippen LogP contribution in [0, 0.1) is 0 Å². The van der Waals surface area contributed by atoms with E-state index in [4.69, 9.17) is 0 Å². The number of carbonyl (C=O) groups is 1. The van der Waals surface area contributed by atoms with Crippen molar-refractivity contribution in [2.75, 3.05) is 11.0 Å². The zero-order valence-electron chi connectivity index (χ0n) is 6.14. The van der Waals surface area contributed by atoms with Crippen LogP contribution < -0.4 is 0 Å². The second-order valence-electron chi connectivity index (χ2n) is 2.66. The second kappa shape index (κ2) is 3.55. The van der Waals surface area contributed by atoms with Crippen molar-refractivity contribution < 1.29 is 4.79 Å². The Morgan fingerprint density at radius 2 is 2.50 bits per heavy atom. The van der Waals surface area contributed by atoms with E-state index in [9.17, 15) is 4.79 Å². The van der Waals surface area contributed by atoms with E-state index in [0.717, 1.165) is 11.0 Å². The first-order valence-electron chi connectivity index (χ1n) is 3.59. The molecule has 58 valence electrons. The zero-order chi connectivity index (χ0) is 7.56. The molecule has 0 spiro atoms. The maximum Gasteiger partial charge on any atom is 0.219 e. The van der Waals surface area contributed by atoms with Crippen LogP contribution in [0.25, 0.3) is 0 Å². The number of nitrogens with zero attached hydrogens (tertiary/aromatic N) is 1. The summed E-state index contributed by atoms with van der Waals surface area (Å²) in [7, 11) is 0. The van der Waals surface area contributed by atoms with Gasteiger partial charge in [0.1, 0.15) is 0 Å². The Kier molecular flexibility index (Phi) is 2.95. The lowest BCUT2D eigenvalue weighted by atomic mass is 10.2. The topological polar surface area (TPSA) is 20.3 Å². The molecule has 1 unspecified atom stereocenters. The maximum absolute atomic E-state index is 10.9. The molecule has 1 aliphatic heterocycles. The molecule has 1 rings (SSSR count). The van der Waals surface area contributed by atoms with Gasteiger partial charge < -0.3 is 4.90 Å². The van der Waals surface area contributed by atoms with E-state index in [1.54, 1.807) is 6.92 Å². The van der Waals surface area contributed by atoms with Crippen molar-refractivity contribution in [1.82, 2.24) is 4.90 Å². The maximum atomic E-state index is 10.9. The van der Waals surface area contributed by atoms with Crippen LogP contribution in [-0.4, -0.2) is 27.8 Å². The summed E-state index contributed by atoms with van der Waals surface area (Å²) in [6, 6.07) is 0.526. The predicted molar refractivity (Wildman–Crippen MR) is 49.3 cm³/mol. The van der Waals surface area contributed by atoms with Crippen molar-refractivity contribution in [3.8, 4) is 0 Å². The first kappa shape index (κ1) is 8.30. The smallest absolute Gasteiger partial charge is 0.219 e. The van der Waals surface area contributed by atoms with Crippen molar-refractivity contribution in [3.05, 3.63) is 0 Å². The molecule has 0 bridgehead atoms. The van der Waals surface area contributed by atoms with Crippen molar-refractivity contribution in [1.29, 1.82) is 0 Å². The summed E-state index contributed by atoms with van der Waals surface area (Å²) >= 11 is 2.34. The fourth-order valence-electron chi connectivity index (χ4n) is 1.41. The number of likely N-dealkylation sites (tertiary alicyclic amines) is 1. The van der Waals surface area contributed by atoms with Gasteiger partial charge in [-0.15, -0.1) is 0 Å². The van der Waals surface area contributed by atoms with E-state index < -0.39 is 0 Å². The molecule has 0 radical (unpaired) electrons. The minimum atomic E-state index is 0.235. The molecule has 2 nitrogen and oxygen atoms in total. The van der Waals surface area contributed by atoms with Gasteiger partial charge in [0.15, 0.2) is 0 Å². The normalized spacial score (nSPS) is 25.4. The van der Waals surface area contributed by atoms with Gasteiger partial charge in [0, 0.05) is 23.9 Å². The van der Waals surface area contributed by atoms with E-state index in [1.807, 2.05) is 4.90 Å². The highest BCUT2D eigenvalue weighted by molar-refractivity contribution is 14.1. The van der Waals surface area contributed by atoms with Crippen LogP contribution in [0.5, 0.6) is 0 Å². The molecule has 0 aromatic heterocycles. The van der Waals surface area contributed by atoms with Gasteiger partial charge in [-0.25, -0.2) is 0 Å². The highest BCUT2D eigenvalue weighted by Crippen LogP contribution is 2.18. The van der Waals surface area contributed by atoms with Crippen LogP contribution in [0.1, 0.15) is 19.8 Å². The van der Waals surface area contributed by atoms with E-state index in [1.165, 1.54) is 12.8 Å². The first-order chi connectivity index (χ1) is 4.75. The summed E-state index contributed by atoms with van der Waals surface area (Å²) in [5.41, 5.74) is 0. The number of halogens is 1. The third-order valence-electron chi connectivity index (χ3n) is 1.96. The third kappa shape index (κ3) is 1.62. The van der Waals surface area contributed by atoms with Gasteiger partial charge in [-0.1, -0.05) is 22.6 Å². The van der Waals surface area contributed by atoms with E-state index in [2.05, 4.69) is 22.6 Å². The first-order valence-corrected chi connectivity index (χ1v) is 5.11. The van der Waals surface area contributed by atoms with Crippen molar-refractivity contribution in [2.45, 2.75) is 25.8 Å². The molecule has 1 amide bonds. The summed E-state index contributed by atoms with van der Waals surface area (Å²) < 4.78 is 1.08. The highest BCUT2D eigenvalue weighted by Gasteiger charge is 2.24. The van der Waals surface area contributed by atoms with Gasteiger partial charge in [-0.3, -0.25) is 4.79 Å². The number of carbonyl (C=O) groups excluding carboxylic acids is 1. The molecule has 10 heavy (non-hydrogen) atoms. The fraction of sp³-hybridized carbons (Fsp3) is 0.857. The molecule has 1 saturated heterocycles. The SMILES string of the molecule is CC(=O)N1CCCC1CI. The average molecular weight is 253 g/mol. The van der Waals surface area contributed by atoms with Gasteiger partial charge in [0.2, 0.25) is 5.91 Å². The van der Waals surface area contributed by atoms with Gasteiger partial charge in [0.25, 0.3) is 0 Å². The summed E-state index contributed by atoms with van der Waals surface area (Å²) in [6.07, 6.45) is 2.38. The lowest BCUT2D eigenvalue weighted by molar-refractivity contribution is -0.129. The van der Waals surface area contributed by atoms with Crippen LogP contribution >= 0.6 is 22.6 Å². The fourth-order valence-corrected chi connectivity index (χ4v) is 2.33. The summed E-state index contributed by atoms with van der Waals surface area (Å²) in [6.45, 7) is 2.63. The Morgan fingerprint density at radius 1 is 1.80 bits per heavy atom. The van der Waals surface area contributed by atoms with E-state index in [-0.39, 0.29) is 5.91 Å². The second-order valence-corrected chi connectivity index (χ2v) is 3.54. The van der Waals surface area contributed by atoms with Gasteiger partial charge >= 0.3 is 0 Å². The highest BCUT2D eigenvalue weighted by atomic mass is 127. The van der Waals surface area contributed by atoms with Crippen LogP contribution in [0.3, 0.4) is 0 Å². The molecular weight excluding hydrogens is 241 g/mol. The lowest BCUT2D eigenvalue weighted by Gasteiger charge is -2.20. The molecule has 0 N–H and O–H groups in total. The molecule has 1 fully saturated rings. The summed E-state index contributed by atoms with van der Waals surface area (Å²) in [5, 5.41) is 0. The molecule has 0 aliphatic carbocycles. The quantitative estimate of drug-likeness (QED) is 0.511. The molecule has 0 saturated carbocycles. The van der Waals surface area contributed by atoms with Crippen LogP contribution in [0.15, 0.2) is 0 Å². The molecule has 1 aliphatic rings. The van der Waals surface area contributed by atoms with E-state index in [0.29, 0.717) is 6.04 Å². The number of alkyl halides is 1. The van der Waals surface area contributed by atoms with E-state index >= 15 is 0 Å². The average Bonchev–Trinajstić information content (AvgIpc) is 2.33. The standard InChI is InChI=1S/C7H12INO/c1-6(10)9-4-2-3-7(9)5-8/h7H,2-5H2,1H3. The van der Waals surface area contributed by atoms with Crippen LogP contribution in [0.4, 0.5) is 0 Å². The van der Waals surface area contributed by atoms with Gasteiger partial charge in [-0.2, -0.15) is 0 Å². The van der Waals surface area contributed by atoms with Crippen molar-refractivity contribution >= 4 is 28.5 Å². The number of hydrogen-bond donors (Lipinski definition) is 0. The Morgan fingerprint density at radius 3 is 2.90 bits per heavy atom. The third-order valence-corrected chi connectivity index (χ3v) is 2.98. The van der Waals surface area contributed by atoms with Crippen molar-refractivity contribution in [2.24, 2.45) is 0 Å². The zero-order valence-corrected chi connectivity index (χ0v) is 8.30. The molecule has 0 aromatic rings. The Hall–Kier alpha value is 0.200. The minimum absolute atomic E-state index is 0.235. The molecule has 1 atom stereocenters. The summed E-state index contributed by atoms with van der Waals surface area (Å²) in [5.74, 6) is 0.235. The number of hydrogen-bond acceptors (Lipinski definition) is 1. The number of rotatable bonds is 1. The molecule has 0 aromatic carbocycles. The largest absolute Gasteiger partial charge is 0.339 e. The molecular formula is C7H12INO. The van der Waals surface area contributed by atoms with Gasteiger partial charge in [0.05, 0.1) is 0 Å². The Balaban J connectivity index is 2.50. The van der Waals surface area contributed by atoms with Crippen molar-refractivity contribution in [3.63, 3.8) is 0 Å². The Bertz CT molecular complexity index is 138. The molecule has 3 heteroatoms. The van der Waals surface area contributed by atoms with Crippen LogP contribution in [0.2, 0.25) is 0 Å². The monoisotopic (exact) mass is 253 g/mol. The Labute approximate surface area is 75.1 Å². The predicted octanol–water partition coefficient (Wildman–Crippen LogP) is 1.43. The minimum Gasteiger partial charge on any atom is -0.339 e. The van der Waals surface area contributed by atoms with Crippen LogP contribution in [-0.2, 0) is 4.79 Å². The number of amides is 1. The molecule has 1 heterocycles.